The predicted octanol–water partition coefficient (Wildman–Crippen LogP) is 2.33. The smallest absolute Gasteiger partial charge is 0.251 e. The van der Waals surface area contributed by atoms with Crippen LogP contribution in [0.1, 0.15) is 34.8 Å². The Morgan fingerprint density at radius 1 is 1.25 bits per heavy atom. The maximum atomic E-state index is 14.2. The molecule has 1 saturated heterocycles. The second-order valence-corrected chi connectivity index (χ2v) is 6.83. The number of nitrogens with zero attached hydrogens (tertiary/aromatic N) is 4. The van der Waals surface area contributed by atoms with E-state index >= 15 is 0 Å². The molecule has 1 atom stereocenters. The van der Waals surface area contributed by atoms with Gasteiger partial charge in [0, 0.05) is 18.2 Å². The molecule has 0 spiro atoms. The molecule has 1 amide bonds. The zero-order valence-corrected chi connectivity index (χ0v) is 15.3. The van der Waals surface area contributed by atoms with Crippen molar-refractivity contribution >= 4 is 5.91 Å². The van der Waals surface area contributed by atoms with Gasteiger partial charge < -0.3 is 10.6 Å². The van der Waals surface area contributed by atoms with E-state index in [-0.39, 0.29) is 11.5 Å². The van der Waals surface area contributed by atoms with Crippen molar-refractivity contribution < 1.29 is 9.18 Å². The zero-order valence-electron chi connectivity index (χ0n) is 15.3. The van der Waals surface area contributed by atoms with E-state index in [2.05, 4.69) is 38.3 Å². The molecule has 0 radical (unpaired) electrons. The first kappa shape index (κ1) is 18.2. The van der Waals surface area contributed by atoms with Gasteiger partial charge in [-0.3, -0.25) is 4.79 Å². The lowest BCUT2D eigenvalue weighted by Gasteiger charge is -2.13. The molecule has 2 heterocycles. The van der Waals surface area contributed by atoms with Crippen LogP contribution in [0.2, 0.25) is 0 Å². The molecule has 3 aromatic rings. The van der Waals surface area contributed by atoms with Gasteiger partial charge in [-0.25, -0.2) is 9.07 Å². The number of aromatic nitrogens is 4. The van der Waals surface area contributed by atoms with Crippen LogP contribution in [0.5, 0.6) is 0 Å². The van der Waals surface area contributed by atoms with E-state index in [9.17, 15) is 9.18 Å². The first-order valence-electron chi connectivity index (χ1n) is 9.32. The normalized spacial score (nSPS) is 16.2. The molecule has 2 aromatic carbocycles. The van der Waals surface area contributed by atoms with Crippen LogP contribution in [-0.4, -0.2) is 39.2 Å². The average Bonchev–Trinajstić information content (AvgIpc) is 3.42. The number of rotatable bonds is 6. The van der Waals surface area contributed by atoms with Gasteiger partial charge in [-0.1, -0.05) is 18.2 Å². The molecule has 1 unspecified atom stereocenters. The zero-order chi connectivity index (χ0) is 19.3. The lowest BCUT2D eigenvalue weighted by atomic mass is 9.97. The Morgan fingerprint density at radius 2 is 2.18 bits per heavy atom. The van der Waals surface area contributed by atoms with E-state index in [4.69, 9.17) is 0 Å². The van der Waals surface area contributed by atoms with Crippen LogP contribution in [0.3, 0.4) is 0 Å². The molecule has 7 nitrogen and oxygen atoms in total. The summed E-state index contributed by atoms with van der Waals surface area (Å²) in [6, 6.07) is 12.8. The Morgan fingerprint density at radius 3 is 2.96 bits per heavy atom. The third kappa shape index (κ3) is 4.23. The highest BCUT2D eigenvalue weighted by Gasteiger charge is 2.17. The van der Waals surface area contributed by atoms with Crippen molar-refractivity contribution in [3.8, 4) is 11.1 Å². The minimum absolute atomic E-state index is 0.288. The van der Waals surface area contributed by atoms with Crippen LogP contribution >= 0.6 is 0 Å². The summed E-state index contributed by atoms with van der Waals surface area (Å²) in [5.41, 5.74) is 3.06. The molecular formula is C20H21FN6O. The van der Waals surface area contributed by atoms with Crippen molar-refractivity contribution in [1.82, 2.24) is 30.8 Å². The Kier molecular flexibility index (Phi) is 5.38. The molecule has 1 aliphatic rings. The monoisotopic (exact) mass is 380 g/mol. The summed E-state index contributed by atoms with van der Waals surface area (Å²) in [6.07, 6.45) is 3.73. The number of tetrazole rings is 1. The fourth-order valence-corrected chi connectivity index (χ4v) is 3.46. The van der Waals surface area contributed by atoms with Crippen molar-refractivity contribution in [3.05, 3.63) is 65.7 Å². The van der Waals surface area contributed by atoms with E-state index in [1.165, 1.54) is 28.7 Å². The van der Waals surface area contributed by atoms with E-state index < -0.39 is 5.82 Å². The van der Waals surface area contributed by atoms with Crippen LogP contribution in [0.4, 0.5) is 4.39 Å². The van der Waals surface area contributed by atoms with Gasteiger partial charge in [0.05, 0.1) is 6.54 Å². The molecule has 0 aliphatic carbocycles. The quantitative estimate of drug-likeness (QED) is 0.686. The Labute approximate surface area is 162 Å². The van der Waals surface area contributed by atoms with E-state index in [0.29, 0.717) is 24.7 Å². The van der Waals surface area contributed by atoms with Gasteiger partial charge >= 0.3 is 0 Å². The predicted molar refractivity (Wildman–Crippen MR) is 102 cm³/mol. The van der Waals surface area contributed by atoms with Crippen LogP contribution in [-0.2, 0) is 6.54 Å². The summed E-state index contributed by atoms with van der Waals surface area (Å²) in [5.74, 6) is -0.769. The van der Waals surface area contributed by atoms with Gasteiger partial charge in [0.2, 0.25) is 0 Å². The average molecular weight is 380 g/mol. The number of hydrogen-bond acceptors (Lipinski definition) is 5. The molecule has 1 fully saturated rings. The van der Waals surface area contributed by atoms with Crippen molar-refractivity contribution in [2.24, 2.45) is 0 Å². The lowest BCUT2D eigenvalue weighted by molar-refractivity contribution is 0.0951. The van der Waals surface area contributed by atoms with Crippen molar-refractivity contribution in [3.63, 3.8) is 0 Å². The number of halogens is 1. The fraction of sp³-hybridized carbons (Fsp3) is 0.300. The molecule has 4 rings (SSSR count). The number of amides is 1. The largest absolute Gasteiger partial charge is 0.350 e. The molecular weight excluding hydrogens is 359 g/mol. The Balaban J connectivity index is 1.50. The minimum Gasteiger partial charge on any atom is -0.350 e. The first-order valence-corrected chi connectivity index (χ1v) is 9.32. The number of carbonyl (C=O) groups is 1. The molecule has 1 aromatic heterocycles. The van der Waals surface area contributed by atoms with Crippen molar-refractivity contribution in [2.75, 3.05) is 13.1 Å². The SMILES string of the molecule is O=C(NCCn1cnnn1)c1cc(F)cc(-c2cccc(C3CCCN3)c2)c1. The van der Waals surface area contributed by atoms with Gasteiger partial charge in [-0.05, 0) is 70.8 Å². The third-order valence-electron chi connectivity index (χ3n) is 4.86. The standard InChI is InChI=1S/C20H21FN6O/c21-18-11-16(14-3-1-4-15(9-14)19-5-2-6-22-19)10-17(12-18)20(28)23-7-8-27-13-24-25-26-27/h1,3-4,9-13,19,22H,2,5-8H2,(H,23,28). The summed E-state index contributed by atoms with van der Waals surface area (Å²) in [5, 5.41) is 17.0. The molecule has 8 heteroatoms. The van der Waals surface area contributed by atoms with E-state index in [1.807, 2.05) is 12.1 Å². The molecule has 1 aliphatic heterocycles. The number of nitrogens with one attached hydrogen (secondary N) is 2. The highest BCUT2D eigenvalue weighted by atomic mass is 19.1. The Bertz CT molecular complexity index is 953. The van der Waals surface area contributed by atoms with Crippen LogP contribution in [0.15, 0.2) is 48.8 Å². The van der Waals surface area contributed by atoms with Gasteiger partial charge in [0.1, 0.15) is 12.1 Å². The van der Waals surface area contributed by atoms with Gasteiger partial charge in [0.25, 0.3) is 5.91 Å². The number of benzene rings is 2. The summed E-state index contributed by atoms with van der Waals surface area (Å²) < 4.78 is 15.7. The van der Waals surface area contributed by atoms with Gasteiger partial charge in [-0.2, -0.15) is 0 Å². The second kappa shape index (κ2) is 8.26. The van der Waals surface area contributed by atoms with E-state index in [1.54, 1.807) is 6.07 Å². The van der Waals surface area contributed by atoms with Crippen LogP contribution in [0.25, 0.3) is 11.1 Å². The molecule has 2 N–H and O–H groups in total. The maximum absolute atomic E-state index is 14.2. The van der Waals surface area contributed by atoms with Crippen molar-refractivity contribution in [1.29, 1.82) is 0 Å². The van der Waals surface area contributed by atoms with Crippen LogP contribution in [0, 0.1) is 5.82 Å². The third-order valence-corrected chi connectivity index (χ3v) is 4.86. The number of hydrogen-bond donors (Lipinski definition) is 2. The number of carbonyl (C=O) groups excluding carboxylic acids is 1. The summed E-state index contributed by atoms with van der Waals surface area (Å²) in [7, 11) is 0. The summed E-state index contributed by atoms with van der Waals surface area (Å²) in [6.45, 7) is 1.81. The summed E-state index contributed by atoms with van der Waals surface area (Å²) >= 11 is 0. The molecule has 28 heavy (non-hydrogen) atoms. The summed E-state index contributed by atoms with van der Waals surface area (Å²) in [4.78, 5) is 12.4. The fourth-order valence-electron chi connectivity index (χ4n) is 3.46. The first-order chi connectivity index (χ1) is 13.7. The molecule has 0 saturated carbocycles. The van der Waals surface area contributed by atoms with Crippen LogP contribution < -0.4 is 10.6 Å². The van der Waals surface area contributed by atoms with Gasteiger partial charge in [0.15, 0.2) is 0 Å². The lowest BCUT2D eigenvalue weighted by Crippen LogP contribution is -2.27. The highest BCUT2D eigenvalue weighted by Crippen LogP contribution is 2.28. The molecule has 0 bridgehead atoms. The topological polar surface area (TPSA) is 84.7 Å². The van der Waals surface area contributed by atoms with E-state index in [0.717, 1.165) is 24.9 Å². The maximum Gasteiger partial charge on any atom is 0.251 e. The highest BCUT2D eigenvalue weighted by molar-refractivity contribution is 5.95. The van der Waals surface area contributed by atoms with Gasteiger partial charge in [-0.15, -0.1) is 5.10 Å². The minimum atomic E-state index is -0.437. The van der Waals surface area contributed by atoms with Crippen molar-refractivity contribution in [2.45, 2.75) is 25.4 Å². The second-order valence-electron chi connectivity index (χ2n) is 6.83. The molecule has 144 valence electrons. The Hall–Kier alpha value is -3.13.